The Morgan fingerprint density at radius 3 is 2.69 bits per heavy atom. The van der Waals surface area contributed by atoms with Gasteiger partial charge < -0.3 is 4.90 Å². The van der Waals surface area contributed by atoms with Crippen molar-refractivity contribution in [2.24, 2.45) is 0 Å². The molecule has 1 amide bonds. The predicted molar refractivity (Wildman–Crippen MR) is 108 cm³/mol. The third-order valence-corrected chi connectivity index (χ3v) is 4.72. The fourth-order valence-electron chi connectivity index (χ4n) is 3.31. The van der Waals surface area contributed by atoms with E-state index in [-0.39, 0.29) is 22.8 Å². The fraction of sp³-hybridized carbons (Fsp3) is 0.0952. The highest BCUT2D eigenvalue weighted by molar-refractivity contribution is 5.95. The highest BCUT2D eigenvalue weighted by Crippen LogP contribution is 2.25. The highest BCUT2D eigenvalue weighted by atomic mass is 16.6. The maximum absolute atomic E-state index is 12.9. The Morgan fingerprint density at radius 1 is 1.14 bits per heavy atom. The molecule has 0 fully saturated rings. The summed E-state index contributed by atoms with van der Waals surface area (Å²) in [5.74, 6) is -0.300. The minimum absolute atomic E-state index is 0.208. The van der Waals surface area contributed by atoms with Crippen LogP contribution in [-0.4, -0.2) is 37.5 Å². The lowest BCUT2D eigenvalue weighted by Gasteiger charge is -2.19. The van der Waals surface area contributed by atoms with Crippen molar-refractivity contribution in [3.63, 3.8) is 0 Å². The minimum atomic E-state index is -0.529. The molecule has 0 aliphatic rings. The number of hydrogen-bond donors (Lipinski definition) is 0. The van der Waals surface area contributed by atoms with Gasteiger partial charge in [0.25, 0.3) is 11.6 Å². The predicted octanol–water partition coefficient (Wildman–Crippen LogP) is 3.60. The van der Waals surface area contributed by atoms with E-state index in [0.717, 1.165) is 16.3 Å². The second-order valence-corrected chi connectivity index (χ2v) is 6.60. The number of rotatable bonds is 5. The summed E-state index contributed by atoms with van der Waals surface area (Å²) in [6.45, 7) is 0.388. The summed E-state index contributed by atoms with van der Waals surface area (Å²) in [6.07, 6.45) is 2.66. The van der Waals surface area contributed by atoms with Crippen LogP contribution in [0.4, 0.5) is 5.69 Å². The van der Waals surface area contributed by atoms with Crippen molar-refractivity contribution in [2.75, 3.05) is 7.05 Å². The van der Waals surface area contributed by atoms with Crippen molar-refractivity contribution < 1.29 is 9.72 Å². The van der Waals surface area contributed by atoms with Gasteiger partial charge in [-0.1, -0.05) is 42.5 Å². The molecule has 3 aromatic carbocycles. The van der Waals surface area contributed by atoms with E-state index in [2.05, 4.69) is 10.1 Å². The van der Waals surface area contributed by atoms with Gasteiger partial charge in [0.1, 0.15) is 18.3 Å². The zero-order valence-corrected chi connectivity index (χ0v) is 15.6. The molecule has 0 unspecified atom stereocenters. The smallest absolute Gasteiger partial charge is 0.295 e. The number of fused-ring (bicyclic) bond motifs is 1. The summed E-state index contributed by atoms with van der Waals surface area (Å²) in [6, 6.07) is 18.3. The van der Waals surface area contributed by atoms with E-state index in [1.807, 2.05) is 42.5 Å². The average Bonchev–Trinajstić information content (AvgIpc) is 3.27. The molecule has 0 atom stereocenters. The monoisotopic (exact) mass is 387 g/mol. The van der Waals surface area contributed by atoms with E-state index < -0.39 is 4.92 Å². The van der Waals surface area contributed by atoms with Crippen LogP contribution in [0.2, 0.25) is 0 Å². The van der Waals surface area contributed by atoms with Gasteiger partial charge >= 0.3 is 0 Å². The molecule has 0 saturated heterocycles. The molecule has 0 bridgehead atoms. The largest absolute Gasteiger partial charge is 0.337 e. The molecule has 0 N–H and O–H groups in total. The number of nitro groups is 1. The van der Waals surface area contributed by atoms with Crippen LogP contribution in [0.5, 0.6) is 0 Å². The van der Waals surface area contributed by atoms with E-state index in [1.165, 1.54) is 29.5 Å². The summed E-state index contributed by atoms with van der Waals surface area (Å²) >= 11 is 0. The lowest BCUT2D eigenvalue weighted by atomic mass is 10.0. The number of carbonyl (C=O) groups excluding carboxylic acids is 1. The quantitative estimate of drug-likeness (QED) is 0.385. The first kappa shape index (κ1) is 18.3. The molecule has 1 aromatic heterocycles. The van der Waals surface area contributed by atoms with Gasteiger partial charge in [-0.05, 0) is 28.5 Å². The van der Waals surface area contributed by atoms with E-state index in [4.69, 9.17) is 0 Å². The van der Waals surface area contributed by atoms with Gasteiger partial charge in [0.15, 0.2) is 0 Å². The van der Waals surface area contributed by atoms with Crippen molar-refractivity contribution >= 4 is 22.4 Å². The van der Waals surface area contributed by atoms with Gasteiger partial charge in [-0.15, -0.1) is 0 Å². The lowest BCUT2D eigenvalue weighted by molar-refractivity contribution is -0.384. The molecule has 29 heavy (non-hydrogen) atoms. The second kappa shape index (κ2) is 7.51. The van der Waals surface area contributed by atoms with Crippen LogP contribution in [0.15, 0.2) is 73.3 Å². The number of nitro benzene ring substituents is 1. The molecule has 4 rings (SSSR count). The van der Waals surface area contributed by atoms with Crippen molar-refractivity contribution in [3.8, 4) is 5.69 Å². The molecule has 144 valence electrons. The van der Waals surface area contributed by atoms with Crippen LogP contribution in [0, 0.1) is 10.1 Å². The summed E-state index contributed by atoms with van der Waals surface area (Å²) in [7, 11) is 1.68. The zero-order chi connectivity index (χ0) is 20.4. The topological polar surface area (TPSA) is 94.2 Å². The van der Waals surface area contributed by atoms with Gasteiger partial charge in [-0.2, -0.15) is 5.10 Å². The van der Waals surface area contributed by atoms with E-state index in [1.54, 1.807) is 18.0 Å². The average molecular weight is 387 g/mol. The number of hydrogen-bond acceptors (Lipinski definition) is 5. The van der Waals surface area contributed by atoms with Gasteiger partial charge in [0, 0.05) is 25.2 Å². The van der Waals surface area contributed by atoms with Crippen molar-refractivity contribution in [1.29, 1.82) is 0 Å². The van der Waals surface area contributed by atoms with Crippen LogP contribution in [-0.2, 0) is 6.54 Å². The van der Waals surface area contributed by atoms with E-state index >= 15 is 0 Å². The molecule has 0 saturated carbocycles. The van der Waals surface area contributed by atoms with Crippen LogP contribution in [0.1, 0.15) is 15.9 Å². The third kappa shape index (κ3) is 3.55. The molecule has 1 heterocycles. The van der Waals surface area contributed by atoms with Crippen LogP contribution in [0.25, 0.3) is 16.5 Å². The molecular weight excluding hydrogens is 370 g/mol. The maximum Gasteiger partial charge on any atom is 0.295 e. The van der Waals surface area contributed by atoms with Crippen molar-refractivity contribution in [3.05, 3.63) is 94.6 Å². The summed E-state index contributed by atoms with van der Waals surface area (Å²) in [4.78, 5) is 29.3. The molecule has 4 aromatic rings. The van der Waals surface area contributed by atoms with Gasteiger partial charge in [-0.3, -0.25) is 14.9 Å². The highest BCUT2D eigenvalue weighted by Gasteiger charge is 2.21. The van der Waals surface area contributed by atoms with Crippen LogP contribution < -0.4 is 0 Å². The Kier molecular flexibility index (Phi) is 4.74. The first-order valence-corrected chi connectivity index (χ1v) is 8.90. The first-order valence-electron chi connectivity index (χ1n) is 8.90. The molecule has 0 aliphatic carbocycles. The molecule has 8 nitrogen and oxygen atoms in total. The number of benzene rings is 3. The summed E-state index contributed by atoms with van der Waals surface area (Å²) in [5, 5.41) is 17.6. The zero-order valence-electron chi connectivity index (χ0n) is 15.6. The van der Waals surface area contributed by atoms with Gasteiger partial charge in [0.2, 0.25) is 0 Å². The van der Waals surface area contributed by atoms with Crippen LogP contribution in [0.3, 0.4) is 0 Å². The van der Waals surface area contributed by atoms with E-state index in [0.29, 0.717) is 6.54 Å². The fourth-order valence-corrected chi connectivity index (χ4v) is 3.31. The molecule has 0 spiro atoms. The molecular formula is C21H17N5O3. The Morgan fingerprint density at radius 2 is 1.93 bits per heavy atom. The van der Waals surface area contributed by atoms with Crippen molar-refractivity contribution in [2.45, 2.75) is 6.54 Å². The number of nitrogens with zero attached hydrogens (tertiary/aromatic N) is 5. The Balaban J connectivity index is 1.63. The SMILES string of the molecule is CN(Cc1cccc2ccccc12)C(=O)c1ccc(-n2cncn2)c([N+](=O)[O-])c1. The normalized spacial score (nSPS) is 10.8. The lowest BCUT2D eigenvalue weighted by Crippen LogP contribution is -2.26. The molecule has 8 heteroatoms. The second-order valence-electron chi connectivity index (χ2n) is 6.60. The molecule has 0 aliphatic heterocycles. The first-order chi connectivity index (χ1) is 14.0. The Hall–Kier alpha value is -4.07. The molecule has 0 radical (unpaired) electrons. The maximum atomic E-state index is 12.9. The summed E-state index contributed by atoms with van der Waals surface area (Å²) < 4.78 is 1.30. The number of amides is 1. The Labute approximate surface area is 166 Å². The van der Waals surface area contributed by atoms with E-state index in [9.17, 15) is 14.9 Å². The van der Waals surface area contributed by atoms with Crippen LogP contribution >= 0.6 is 0 Å². The van der Waals surface area contributed by atoms with Gasteiger partial charge in [0.05, 0.1) is 4.92 Å². The summed E-state index contributed by atoms with van der Waals surface area (Å²) in [5.41, 5.74) is 1.29. The standard InChI is InChI=1S/C21H17N5O3/c1-24(12-17-7-4-6-15-5-2-3-8-18(15)17)21(27)16-9-10-19(20(11-16)26(28)29)25-14-22-13-23-25/h2-11,13-14H,12H2,1H3. The number of carbonyl (C=O) groups is 1. The Bertz CT molecular complexity index is 1200. The van der Waals surface area contributed by atoms with Crippen molar-refractivity contribution in [1.82, 2.24) is 19.7 Å². The minimum Gasteiger partial charge on any atom is -0.337 e. The van der Waals surface area contributed by atoms with Gasteiger partial charge in [-0.25, -0.2) is 9.67 Å². The third-order valence-electron chi connectivity index (χ3n) is 4.72. The number of aromatic nitrogens is 3.